The first-order valence-electron chi connectivity index (χ1n) is 14.6. The lowest BCUT2D eigenvalue weighted by atomic mass is 9.96. The normalized spacial score (nSPS) is 20.2. The maximum Gasteiger partial charge on any atom is 0.419 e. The lowest BCUT2D eigenvalue weighted by molar-refractivity contribution is -0.138. The standard InChI is InChI=1S/C31H28F4N6O3/c32-24-7-4-17(13-25-22-14-20(44-19-2-1-3-19)5-6-21(22)28(42)39-38-25)12-23(24)29(43)40-10-8-27-26(40)9-11-41(27)30-36-15-18(16-37-30)31(33,34)35/h4-7,12,14-16,19,26-27H,1-3,8-11,13H2,(H,39,42). The maximum atomic E-state index is 15.1. The highest BCUT2D eigenvalue weighted by Gasteiger charge is 2.46. The highest BCUT2D eigenvalue weighted by molar-refractivity contribution is 5.95. The van der Waals surface area contributed by atoms with Crippen molar-refractivity contribution in [1.82, 2.24) is 25.1 Å². The van der Waals surface area contributed by atoms with Crippen molar-refractivity contribution >= 4 is 22.6 Å². The van der Waals surface area contributed by atoms with Gasteiger partial charge >= 0.3 is 6.18 Å². The number of amides is 1. The molecule has 2 aliphatic heterocycles. The predicted molar refractivity (Wildman–Crippen MR) is 152 cm³/mol. The Morgan fingerprint density at radius 2 is 1.75 bits per heavy atom. The van der Waals surface area contributed by atoms with E-state index >= 15 is 4.39 Å². The van der Waals surface area contributed by atoms with Crippen LogP contribution in [-0.2, 0) is 12.6 Å². The fraction of sp³-hybridized carbons (Fsp3) is 0.387. The zero-order valence-electron chi connectivity index (χ0n) is 23.5. The molecule has 2 atom stereocenters. The number of hydrogen-bond acceptors (Lipinski definition) is 7. The number of aromatic nitrogens is 4. The van der Waals surface area contributed by atoms with Crippen molar-refractivity contribution in [1.29, 1.82) is 0 Å². The van der Waals surface area contributed by atoms with E-state index in [2.05, 4.69) is 20.2 Å². The van der Waals surface area contributed by atoms with E-state index in [4.69, 9.17) is 4.74 Å². The minimum atomic E-state index is -4.53. The van der Waals surface area contributed by atoms with E-state index < -0.39 is 23.5 Å². The van der Waals surface area contributed by atoms with E-state index in [1.54, 1.807) is 29.2 Å². The molecule has 4 heterocycles. The number of H-pyrrole nitrogens is 1. The molecule has 44 heavy (non-hydrogen) atoms. The average Bonchev–Trinajstić information content (AvgIpc) is 3.59. The molecule has 2 aromatic carbocycles. The molecule has 0 radical (unpaired) electrons. The Hall–Kier alpha value is -4.55. The number of nitrogens with one attached hydrogen (secondary N) is 1. The maximum absolute atomic E-state index is 15.1. The quantitative estimate of drug-likeness (QED) is 0.311. The molecule has 7 rings (SSSR count). The molecular weight excluding hydrogens is 580 g/mol. The molecule has 3 fully saturated rings. The van der Waals surface area contributed by atoms with E-state index in [-0.39, 0.29) is 41.7 Å². The Labute approximate surface area is 248 Å². The average molecular weight is 609 g/mol. The third-order valence-electron chi connectivity index (χ3n) is 8.89. The van der Waals surface area contributed by atoms with Gasteiger partial charge in [-0.15, -0.1) is 0 Å². The lowest BCUT2D eigenvalue weighted by Crippen LogP contribution is -2.40. The summed E-state index contributed by atoms with van der Waals surface area (Å²) in [6.45, 7) is 0.829. The van der Waals surface area contributed by atoms with E-state index in [0.29, 0.717) is 53.7 Å². The first kappa shape index (κ1) is 28.2. The highest BCUT2D eigenvalue weighted by Crippen LogP contribution is 2.36. The number of nitrogens with zero attached hydrogens (tertiary/aromatic N) is 5. The zero-order valence-corrected chi connectivity index (χ0v) is 23.5. The summed E-state index contributed by atoms with van der Waals surface area (Å²) < 4.78 is 60.0. The number of carbonyl (C=O) groups is 1. The van der Waals surface area contributed by atoms with Gasteiger partial charge < -0.3 is 14.5 Å². The SMILES string of the molecule is O=C(c1cc(Cc2n[nH]c(=O)c3ccc(OC4CCC4)cc23)ccc1F)N1CCC2C1CCN2c1ncc(C(F)(F)F)cn1. The summed E-state index contributed by atoms with van der Waals surface area (Å²) in [4.78, 5) is 37.5. The molecule has 1 amide bonds. The number of likely N-dealkylation sites (tertiary alicyclic amines) is 1. The van der Waals surface area contributed by atoms with Crippen LogP contribution in [-0.4, -0.2) is 62.2 Å². The molecule has 13 heteroatoms. The predicted octanol–water partition coefficient (Wildman–Crippen LogP) is 4.89. The number of rotatable bonds is 6. The number of carbonyl (C=O) groups excluding carboxylic acids is 1. The largest absolute Gasteiger partial charge is 0.490 e. The summed E-state index contributed by atoms with van der Waals surface area (Å²) in [5.74, 6) is -0.280. The van der Waals surface area contributed by atoms with Crippen molar-refractivity contribution in [2.75, 3.05) is 18.0 Å². The lowest BCUT2D eigenvalue weighted by Gasteiger charge is -2.26. The van der Waals surface area contributed by atoms with E-state index in [0.717, 1.165) is 31.7 Å². The van der Waals surface area contributed by atoms with Crippen LogP contribution in [0.15, 0.2) is 53.6 Å². The van der Waals surface area contributed by atoms with Crippen molar-refractivity contribution in [2.24, 2.45) is 0 Å². The van der Waals surface area contributed by atoms with Crippen LogP contribution in [0.3, 0.4) is 0 Å². The number of benzene rings is 2. The summed E-state index contributed by atoms with van der Waals surface area (Å²) in [5, 5.41) is 7.88. The van der Waals surface area contributed by atoms with Crippen LogP contribution in [0.5, 0.6) is 5.75 Å². The molecular formula is C31H28F4N6O3. The Morgan fingerprint density at radius 1 is 0.977 bits per heavy atom. The fourth-order valence-electron chi connectivity index (χ4n) is 6.38. The van der Waals surface area contributed by atoms with E-state index in [1.165, 1.54) is 12.1 Å². The first-order chi connectivity index (χ1) is 21.2. The van der Waals surface area contributed by atoms with Crippen molar-refractivity contribution in [3.8, 4) is 5.75 Å². The molecule has 3 aliphatic rings. The van der Waals surface area contributed by atoms with E-state index in [9.17, 15) is 22.8 Å². The van der Waals surface area contributed by atoms with Crippen molar-refractivity contribution in [3.63, 3.8) is 0 Å². The highest BCUT2D eigenvalue weighted by atomic mass is 19.4. The molecule has 2 saturated heterocycles. The second-order valence-electron chi connectivity index (χ2n) is 11.5. The van der Waals surface area contributed by atoms with Crippen LogP contribution < -0.4 is 15.2 Å². The second kappa shape index (κ2) is 10.9. The molecule has 2 aromatic heterocycles. The van der Waals surface area contributed by atoms with Crippen LogP contribution >= 0.6 is 0 Å². The van der Waals surface area contributed by atoms with Crippen molar-refractivity contribution < 1.29 is 27.1 Å². The molecule has 228 valence electrons. The van der Waals surface area contributed by atoms with Crippen LogP contribution in [0.4, 0.5) is 23.5 Å². The third-order valence-corrected chi connectivity index (χ3v) is 8.89. The first-order valence-corrected chi connectivity index (χ1v) is 14.6. The second-order valence-corrected chi connectivity index (χ2v) is 11.5. The number of alkyl halides is 3. The summed E-state index contributed by atoms with van der Waals surface area (Å²) in [5.41, 5.74) is -0.126. The number of halogens is 4. The van der Waals surface area contributed by atoms with Crippen LogP contribution in [0, 0.1) is 5.82 Å². The van der Waals surface area contributed by atoms with Gasteiger partial charge in [-0.25, -0.2) is 19.5 Å². The zero-order chi connectivity index (χ0) is 30.6. The van der Waals surface area contributed by atoms with Gasteiger partial charge in [0.25, 0.3) is 11.5 Å². The van der Waals surface area contributed by atoms with Gasteiger partial charge in [0.15, 0.2) is 0 Å². The van der Waals surface area contributed by atoms with Gasteiger partial charge in [0.2, 0.25) is 5.95 Å². The Balaban J connectivity index is 1.11. The van der Waals surface area contributed by atoms with Gasteiger partial charge in [-0.1, -0.05) is 6.07 Å². The number of hydrogen-bond donors (Lipinski definition) is 1. The number of aromatic amines is 1. The molecule has 1 N–H and O–H groups in total. The smallest absolute Gasteiger partial charge is 0.419 e. The van der Waals surface area contributed by atoms with Gasteiger partial charge in [-0.3, -0.25) is 9.59 Å². The van der Waals surface area contributed by atoms with Gasteiger partial charge in [0.1, 0.15) is 11.6 Å². The molecule has 2 unspecified atom stereocenters. The Bertz CT molecular complexity index is 1790. The van der Waals surface area contributed by atoms with Gasteiger partial charge in [0.05, 0.1) is 40.4 Å². The van der Waals surface area contributed by atoms with Gasteiger partial charge in [-0.05, 0) is 68.0 Å². The van der Waals surface area contributed by atoms with E-state index in [1.807, 2.05) is 4.90 Å². The van der Waals surface area contributed by atoms with Crippen LogP contribution in [0.1, 0.15) is 59.3 Å². The van der Waals surface area contributed by atoms with Crippen molar-refractivity contribution in [3.05, 3.63) is 87.3 Å². The summed E-state index contributed by atoms with van der Waals surface area (Å²) >= 11 is 0. The molecule has 9 nitrogen and oxygen atoms in total. The molecule has 1 saturated carbocycles. The molecule has 4 aromatic rings. The van der Waals surface area contributed by atoms with Crippen LogP contribution in [0.2, 0.25) is 0 Å². The van der Waals surface area contributed by atoms with Gasteiger partial charge in [-0.2, -0.15) is 18.3 Å². The third kappa shape index (κ3) is 5.13. The number of fused-ring (bicyclic) bond motifs is 2. The fourth-order valence-corrected chi connectivity index (χ4v) is 6.38. The minimum Gasteiger partial charge on any atom is -0.490 e. The van der Waals surface area contributed by atoms with Gasteiger partial charge in [0, 0.05) is 37.3 Å². The minimum absolute atomic E-state index is 0.0740. The Morgan fingerprint density at radius 3 is 2.48 bits per heavy atom. The van der Waals surface area contributed by atoms with Crippen LogP contribution in [0.25, 0.3) is 10.8 Å². The number of ether oxygens (including phenoxy) is 1. The number of anilines is 1. The topological polar surface area (TPSA) is 104 Å². The summed E-state index contributed by atoms with van der Waals surface area (Å²) in [7, 11) is 0. The molecule has 0 bridgehead atoms. The molecule has 0 spiro atoms. The summed E-state index contributed by atoms with van der Waals surface area (Å²) in [6.07, 6.45) is 1.61. The molecule has 1 aliphatic carbocycles. The monoisotopic (exact) mass is 608 g/mol. The van der Waals surface area contributed by atoms with Crippen molar-refractivity contribution in [2.45, 2.75) is 62.9 Å². The Kier molecular flexibility index (Phi) is 6.97. The summed E-state index contributed by atoms with van der Waals surface area (Å²) in [6, 6.07) is 9.20.